The van der Waals surface area contributed by atoms with Crippen LogP contribution < -0.4 is 0 Å². The van der Waals surface area contributed by atoms with E-state index >= 15 is 0 Å². The lowest BCUT2D eigenvalue weighted by Gasteiger charge is -2.57. The summed E-state index contributed by atoms with van der Waals surface area (Å²) in [6, 6.07) is 0.835. The van der Waals surface area contributed by atoms with E-state index in [1.54, 1.807) is 0 Å². The van der Waals surface area contributed by atoms with Crippen LogP contribution in [0.1, 0.15) is 64.7 Å². The van der Waals surface area contributed by atoms with Crippen LogP contribution in [0.5, 0.6) is 0 Å². The van der Waals surface area contributed by atoms with Gasteiger partial charge in [0.05, 0.1) is 13.2 Å². The Kier molecular flexibility index (Phi) is 4.04. The molecular weight excluding hydrogens is 310 g/mol. The van der Waals surface area contributed by atoms with Crippen molar-refractivity contribution < 1.29 is 9.47 Å². The van der Waals surface area contributed by atoms with E-state index in [9.17, 15) is 0 Å². The van der Waals surface area contributed by atoms with Gasteiger partial charge in [-0.3, -0.25) is 0 Å². The van der Waals surface area contributed by atoms with Gasteiger partial charge in [-0.2, -0.15) is 0 Å². The number of nitrogens with zero attached hydrogens (tertiary/aromatic N) is 1. The quantitative estimate of drug-likeness (QED) is 0.705. The minimum atomic E-state index is -0.220. The van der Waals surface area contributed by atoms with Crippen molar-refractivity contribution in [3.05, 3.63) is 0 Å². The lowest BCUT2D eigenvalue weighted by atomic mass is 9.50. The Morgan fingerprint density at radius 2 is 1.56 bits per heavy atom. The summed E-state index contributed by atoms with van der Waals surface area (Å²) in [5, 5.41) is 0. The Balaban J connectivity index is 1.36. The summed E-state index contributed by atoms with van der Waals surface area (Å²) in [4.78, 5) is 2.48. The van der Waals surface area contributed by atoms with Crippen LogP contribution in [0.15, 0.2) is 0 Å². The first kappa shape index (κ1) is 17.0. The Hall–Kier alpha value is -0.120. The minimum absolute atomic E-state index is 0.220. The number of hydrogen-bond donors (Lipinski definition) is 0. The molecule has 7 atom stereocenters. The molecule has 0 aromatic heterocycles. The predicted molar refractivity (Wildman–Crippen MR) is 99.2 cm³/mol. The molecule has 0 N–H and O–H groups in total. The van der Waals surface area contributed by atoms with Gasteiger partial charge in [0.15, 0.2) is 5.79 Å². The number of rotatable bonds is 1. The molecule has 3 heteroatoms. The van der Waals surface area contributed by atoms with Crippen LogP contribution in [0.3, 0.4) is 0 Å². The van der Waals surface area contributed by atoms with Crippen LogP contribution in [-0.2, 0) is 9.47 Å². The van der Waals surface area contributed by atoms with Gasteiger partial charge < -0.3 is 14.4 Å². The summed E-state index contributed by atoms with van der Waals surface area (Å²) >= 11 is 0. The van der Waals surface area contributed by atoms with Gasteiger partial charge in [0.1, 0.15) is 0 Å². The topological polar surface area (TPSA) is 21.7 Å². The van der Waals surface area contributed by atoms with Crippen molar-refractivity contribution in [1.82, 2.24) is 4.90 Å². The standard InChI is InChI=1S/C22H37NO2/c1-21-10-8-18-17-7-5-16(23(2)3)14-15(17)4-6-19(18)20(21)9-11-22(21)24-12-13-25-22/h15-20H,4-14H2,1-3H3/t15?,16-,17-,18?,19+,20?,21-/m0/s1. The van der Waals surface area contributed by atoms with E-state index in [1.807, 2.05) is 0 Å². The zero-order valence-electron chi connectivity index (χ0n) is 16.5. The first-order valence-electron chi connectivity index (χ1n) is 11.0. The maximum atomic E-state index is 6.27. The van der Waals surface area contributed by atoms with Crippen molar-refractivity contribution in [1.29, 1.82) is 0 Å². The molecule has 1 heterocycles. The predicted octanol–water partition coefficient (Wildman–Crippen LogP) is 4.31. The van der Waals surface area contributed by atoms with Gasteiger partial charge in [-0.05, 0) is 95.1 Å². The third kappa shape index (κ3) is 2.34. The van der Waals surface area contributed by atoms with Crippen LogP contribution in [0, 0.1) is 35.0 Å². The SMILES string of the molecule is CN(C)[C@H]1CC[C@H]2C(CC[C@@H]3C2CC[C@@]2(C)C3CCC23OCCO3)C1. The maximum absolute atomic E-state index is 6.27. The van der Waals surface area contributed by atoms with Crippen LogP contribution in [0.2, 0.25) is 0 Å². The summed E-state index contributed by atoms with van der Waals surface area (Å²) in [5.41, 5.74) is 0.276. The smallest absolute Gasteiger partial charge is 0.174 e. The highest BCUT2D eigenvalue weighted by Crippen LogP contribution is 2.67. The van der Waals surface area contributed by atoms with E-state index < -0.39 is 0 Å². The van der Waals surface area contributed by atoms with Crippen LogP contribution in [0.4, 0.5) is 0 Å². The van der Waals surface area contributed by atoms with E-state index in [0.717, 1.165) is 55.3 Å². The van der Waals surface area contributed by atoms with E-state index in [0.29, 0.717) is 0 Å². The Labute approximate surface area is 153 Å². The molecule has 1 saturated heterocycles. The van der Waals surface area contributed by atoms with Crippen LogP contribution in [0.25, 0.3) is 0 Å². The summed E-state index contributed by atoms with van der Waals surface area (Å²) in [6.45, 7) is 4.14. The van der Waals surface area contributed by atoms with Gasteiger partial charge >= 0.3 is 0 Å². The van der Waals surface area contributed by atoms with Crippen molar-refractivity contribution in [3.63, 3.8) is 0 Å². The molecule has 142 valence electrons. The van der Waals surface area contributed by atoms with Crippen molar-refractivity contribution in [2.75, 3.05) is 27.3 Å². The fourth-order valence-corrected chi connectivity index (χ4v) is 8.18. The zero-order valence-corrected chi connectivity index (χ0v) is 16.5. The number of ether oxygens (including phenoxy) is 2. The summed E-state index contributed by atoms with van der Waals surface area (Å²) < 4.78 is 12.5. The van der Waals surface area contributed by atoms with Crippen molar-refractivity contribution in [2.45, 2.75) is 76.5 Å². The molecule has 0 aromatic carbocycles. The molecule has 0 bridgehead atoms. The first-order valence-corrected chi connectivity index (χ1v) is 11.0. The van der Waals surface area contributed by atoms with Crippen molar-refractivity contribution in [2.24, 2.45) is 35.0 Å². The molecule has 5 aliphatic rings. The lowest BCUT2D eigenvalue weighted by molar-refractivity contribution is -0.243. The second-order valence-electron chi connectivity index (χ2n) is 10.3. The highest BCUT2D eigenvalue weighted by molar-refractivity contribution is 5.10. The molecule has 5 rings (SSSR count). The van der Waals surface area contributed by atoms with Crippen molar-refractivity contribution in [3.8, 4) is 0 Å². The molecule has 3 nitrogen and oxygen atoms in total. The zero-order chi connectivity index (χ0) is 17.2. The monoisotopic (exact) mass is 347 g/mol. The second kappa shape index (κ2) is 5.94. The van der Waals surface area contributed by atoms with Crippen LogP contribution >= 0.6 is 0 Å². The first-order chi connectivity index (χ1) is 12.0. The molecule has 4 saturated carbocycles. The van der Waals surface area contributed by atoms with Gasteiger partial charge in [-0.15, -0.1) is 0 Å². The van der Waals surface area contributed by atoms with Crippen LogP contribution in [-0.4, -0.2) is 44.0 Å². The van der Waals surface area contributed by atoms with Crippen molar-refractivity contribution >= 4 is 0 Å². The number of fused-ring (bicyclic) bond motifs is 6. The average molecular weight is 348 g/mol. The Morgan fingerprint density at radius 3 is 2.32 bits per heavy atom. The second-order valence-corrected chi connectivity index (χ2v) is 10.3. The van der Waals surface area contributed by atoms with E-state index in [4.69, 9.17) is 9.47 Å². The van der Waals surface area contributed by atoms with E-state index in [2.05, 4.69) is 25.9 Å². The van der Waals surface area contributed by atoms with Gasteiger partial charge in [0, 0.05) is 17.9 Å². The third-order valence-electron chi connectivity index (χ3n) is 9.46. The highest BCUT2D eigenvalue weighted by Gasteiger charge is 2.65. The molecule has 3 unspecified atom stereocenters. The fourth-order valence-electron chi connectivity index (χ4n) is 8.18. The molecule has 4 aliphatic carbocycles. The third-order valence-corrected chi connectivity index (χ3v) is 9.46. The molecule has 5 fully saturated rings. The van der Waals surface area contributed by atoms with E-state index in [-0.39, 0.29) is 11.2 Å². The minimum Gasteiger partial charge on any atom is -0.347 e. The van der Waals surface area contributed by atoms with E-state index in [1.165, 1.54) is 51.4 Å². The lowest BCUT2D eigenvalue weighted by Crippen LogP contribution is -2.54. The normalized spacial score (nSPS) is 51.4. The Morgan fingerprint density at radius 1 is 0.800 bits per heavy atom. The molecule has 1 aliphatic heterocycles. The average Bonchev–Trinajstić information content (AvgIpc) is 3.21. The molecule has 0 radical (unpaired) electrons. The van der Waals surface area contributed by atoms with Gasteiger partial charge in [-0.25, -0.2) is 0 Å². The highest BCUT2D eigenvalue weighted by atomic mass is 16.7. The van der Waals surface area contributed by atoms with Gasteiger partial charge in [0.2, 0.25) is 0 Å². The van der Waals surface area contributed by atoms with Gasteiger partial charge in [-0.1, -0.05) is 6.92 Å². The summed E-state index contributed by atoms with van der Waals surface area (Å²) in [6.07, 6.45) is 12.6. The molecule has 0 aromatic rings. The summed E-state index contributed by atoms with van der Waals surface area (Å²) in [7, 11) is 4.56. The molecule has 1 spiro atoms. The summed E-state index contributed by atoms with van der Waals surface area (Å²) in [5.74, 6) is 4.58. The Bertz CT molecular complexity index is 514. The molecular formula is C22H37NO2. The fraction of sp³-hybridized carbons (Fsp3) is 1.00. The number of hydrogen-bond acceptors (Lipinski definition) is 3. The maximum Gasteiger partial charge on any atom is 0.174 e. The molecule has 25 heavy (non-hydrogen) atoms. The molecule has 0 amide bonds. The largest absolute Gasteiger partial charge is 0.347 e. The van der Waals surface area contributed by atoms with Gasteiger partial charge in [0.25, 0.3) is 0 Å².